The molecule has 2 heterocycles. The zero-order valence-electron chi connectivity index (χ0n) is 20.6. The van der Waals surface area contributed by atoms with Crippen molar-refractivity contribution in [2.24, 2.45) is 0 Å². The number of nitriles is 1. The van der Waals surface area contributed by atoms with Crippen molar-refractivity contribution >= 4 is 33.2 Å². The van der Waals surface area contributed by atoms with Crippen molar-refractivity contribution in [2.45, 2.75) is 54.1 Å². The molecule has 1 aliphatic carbocycles. The lowest BCUT2D eigenvalue weighted by atomic mass is 10.1. The van der Waals surface area contributed by atoms with Crippen LogP contribution in [0.3, 0.4) is 0 Å². The highest BCUT2D eigenvalue weighted by atomic mass is 35.5. The standard InChI is InChI=1S/C26H23ClF3N5O3S/c1-16-11-23(35(33-16)18-6-4-5-17(27)12-18)34-14-19(13-21(34)24(36)32-25(15-31)9-10-25)39(37,38)22-8-3-2-7-20(22)26(28,29)30/h2-8,11-12,19,21H,9-10,13-14H2,1H3,(H,32,36). The molecule has 1 saturated carbocycles. The lowest BCUT2D eigenvalue weighted by molar-refractivity contribution is -0.139. The lowest BCUT2D eigenvalue weighted by Gasteiger charge is -2.27. The number of carbonyl (C=O) groups excluding carboxylic acids is 1. The lowest BCUT2D eigenvalue weighted by Crippen LogP contribution is -2.48. The monoisotopic (exact) mass is 577 g/mol. The Bertz CT molecular complexity index is 1590. The average Bonchev–Trinajstić information content (AvgIpc) is 3.32. The van der Waals surface area contributed by atoms with E-state index in [4.69, 9.17) is 11.6 Å². The van der Waals surface area contributed by atoms with Gasteiger partial charge < -0.3 is 10.2 Å². The van der Waals surface area contributed by atoms with Gasteiger partial charge in [0.05, 0.1) is 33.2 Å². The fraction of sp³-hybridized carbons (Fsp3) is 0.346. The quantitative estimate of drug-likeness (QED) is 0.464. The Morgan fingerprint density at radius 1 is 1.18 bits per heavy atom. The van der Waals surface area contributed by atoms with Crippen molar-refractivity contribution in [1.29, 1.82) is 5.26 Å². The molecule has 2 unspecified atom stereocenters. The SMILES string of the molecule is Cc1cc(N2CC(S(=O)(=O)c3ccccc3C(F)(F)F)CC2C(=O)NC2(C#N)CC2)n(-c2cccc(Cl)c2)n1. The molecule has 8 nitrogen and oxygen atoms in total. The van der Waals surface area contributed by atoms with Crippen molar-refractivity contribution in [1.82, 2.24) is 15.1 Å². The number of hydrogen-bond donors (Lipinski definition) is 1. The Kier molecular flexibility index (Phi) is 6.63. The van der Waals surface area contributed by atoms with E-state index in [2.05, 4.69) is 16.5 Å². The van der Waals surface area contributed by atoms with E-state index in [0.717, 1.165) is 18.2 Å². The molecule has 3 aromatic rings. The van der Waals surface area contributed by atoms with Gasteiger partial charge in [0.25, 0.3) is 0 Å². The first kappa shape index (κ1) is 27.0. The van der Waals surface area contributed by atoms with Gasteiger partial charge in [-0.15, -0.1) is 0 Å². The summed E-state index contributed by atoms with van der Waals surface area (Å²) < 4.78 is 70.0. The molecule has 2 aromatic carbocycles. The molecule has 13 heteroatoms. The highest BCUT2D eigenvalue weighted by Gasteiger charge is 2.50. The number of nitrogens with zero attached hydrogens (tertiary/aromatic N) is 4. The topological polar surface area (TPSA) is 108 Å². The van der Waals surface area contributed by atoms with Gasteiger partial charge in [-0.1, -0.05) is 29.8 Å². The van der Waals surface area contributed by atoms with Crippen LogP contribution in [0, 0.1) is 18.3 Å². The molecule has 1 amide bonds. The first-order valence-corrected chi connectivity index (χ1v) is 14.0. The van der Waals surface area contributed by atoms with Gasteiger partial charge in [-0.25, -0.2) is 13.1 Å². The average molecular weight is 578 g/mol. The third kappa shape index (κ3) is 5.08. The molecule has 2 aliphatic rings. The largest absolute Gasteiger partial charge is 0.417 e. The van der Waals surface area contributed by atoms with E-state index in [0.29, 0.717) is 35.1 Å². The minimum atomic E-state index is -4.88. The van der Waals surface area contributed by atoms with Crippen LogP contribution in [0.5, 0.6) is 0 Å². The summed E-state index contributed by atoms with van der Waals surface area (Å²) in [6, 6.07) is 13.4. The number of rotatable bonds is 6. The summed E-state index contributed by atoms with van der Waals surface area (Å²) in [5, 5.41) is 15.8. The van der Waals surface area contributed by atoms with Gasteiger partial charge in [0, 0.05) is 17.6 Å². The molecule has 0 bridgehead atoms. The maximum atomic E-state index is 13.7. The zero-order chi connectivity index (χ0) is 28.2. The summed E-state index contributed by atoms with van der Waals surface area (Å²) in [4.78, 5) is 14.2. The smallest absolute Gasteiger partial charge is 0.343 e. The number of benzene rings is 2. The number of carbonyl (C=O) groups is 1. The van der Waals surface area contributed by atoms with Crippen LogP contribution >= 0.6 is 11.6 Å². The molecule has 1 N–H and O–H groups in total. The van der Waals surface area contributed by atoms with E-state index in [-0.39, 0.29) is 13.0 Å². The van der Waals surface area contributed by atoms with Crippen LogP contribution in [0.15, 0.2) is 59.5 Å². The van der Waals surface area contributed by atoms with Crippen LogP contribution in [0.25, 0.3) is 5.69 Å². The summed E-state index contributed by atoms with van der Waals surface area (Å²) in [5.41, 5.74) is -1.17. The Morgan fingerprint density at radius 2 is 1.90 bits per heavy atom. The molecule has 204 valence electrons. The molecule has 2 fully saturated rings. The maximum Gasteiger partial charge on any atom is 0.417 e. The molecule has 2 atom stereocenters. The van der Waals surface area contributed by atoms with Gasteiger partial charge in [0.1, 0.15) is 17.4 Å². The summed E-state index contributed by atoms with van der Waals surface area (Å²) >= 11 is 6.17. The van der Waals surface area contributed by atoms with Crippen LogP contribution in [-0.2, 0) is 20.8 Å². The van der Waals surface area contributed by atoms with E-state index in [1.807, 2.05) is 0 Å². The van der Waals surface area contributed by atoms with E-state index in [1.54, 1.807) is 37.3 Å². The van der Waals surface area contributed by atoms with Crippen molar-refractivity contribution in [3.05, 3.63) is 70.9 Å². The van der Waals surface area contributed by atoms with Crippen LogP contribution in [-0.4, -0.2) is 47.5 Å². The van der Waals surface area contributed by atoms with Gasteiger partial charge in [-0.2, -0.15) is 23.5 Å². The summed E-state index contributed by atoms with van der Waals surface area (Å²) in [6.07, 6.45) is -4.24. The number of hydrogen-bond acceptors (Lipinski definition) is 6. The van der Waals surface area contributed by atoms with E-state index in [1.165, 1.54) is 15.6 Å². The fourth-order valence-corrected chi connectivity index (χ4v) is 6.94. The van der Waals surface area contributed by atoms with Crippen LogP contribution in [0.1, 0.15) is 30.5 Å². The van der Waals surface area contributed by atoms with E-state index < -0.39 is 49.2 Å². The summed E-state index contributed by atoms with van der Waals surface area (Å²) in [5.74, 6) is -0.203. The van der Waals surface area contributed by atoms with Crippen molar-refractivity contribution < 1.29 is 26.4 Å². The molecule has 39 heavy (non-hydrogen) atoms. The molecular weight excluding hydrogens is 555 g/mol. The molecular formula is C26H23ClF3N5O3S. The maximum absolute atomic E-state index is 13.7. The number of aryl methyl sites for hydroxylation is 1. The van der Waals surface area contributed by atoms with Crippen LogP contribution < -0.4 is 10.2 Å². The minimum Gasteiger partial charge on any atom is -0.343 e. The first-order chi connectivity index (χ1) is 18.3. The highest BCUT2D eigenvalue weighted by molar-refractivity contribution is 7.92. The second-order valence-corrected chi connectivity index (χ2v) is 12.4. The number of nitrogens with one attached hydrogen (secondary N) is 1. The number of aromatic nitrogens is 2. The molecule has 1 aromatic heterocycles. The Morgan fingerprint density at radius 3 is 2.54 bits per heavy atom. The predicted octanol–water partition coefficient (Wildman–Crippen LogP) is 4.45. The van der Waals surface area contributed by atoms with Gasteiger partial charge >= 0.3 is 6.18 Å². The Hall–Kier alpha value is -3.56. The van der Waals surface area contributed by atoms with Gasteiger partial charge in [0.15, 0.2) is 9.84 Å². The fourth-order valence-electron chi connectivity index (χ4n) is 4.85. The zero-order valence-corrected chi connectivity index (χ0v) is 22.2. The van der Waals surface area contributed by atoms with Crippen molar-refractivity contribution in [3.8, 4) is 11.8 Å². The predicted molar refractivity (Wildman–Crippen MR) is 137 cm³/mol. The van der Waals surface area contributed by atoms with Crippen LogP contribution in [0.2, 0.25) is 5.02 Å². The summed E-state index contributed by atoms with van der Waals surface area (Å²) in [7, 11) is -4.53. The van der Waals surface area contributed by atoms with E-state index in [9.17, 15) is 31.6 Å². The number of anilines is 1. The van der Waals surface area contributed by atoms with Gasteiger partial charge in [-0.05, 0) is 56.5 Å². The summed E-state index contributed by atoms with van der Waals surface area (Å²) in [6.45, 7) is 1.45. The second kappa shape index (κ2) is 9.57. The number of sulfone groups is 1. The van der Waals surface area contributed by atoms with Gasteiger partial charge in [-0.3, -0.25) is 4.79 Å². The molecule has 5 rings (SSSR count). The Balaban J connectivity index is 1.58. The number of amides is 1. The second-order valence-electron chi connectivity index (χ2n) is 9.78. The van der Waals surface area contributed by atoms with Gasteiger partial charge in [0.2, 0.25) is 5.91 Å². The van der Waals surface area contributed by atoms with Crippen molar-refractivity contribution in [2.75, 3.05) is 11.4 Å². The van der Waals surface area contributed by atoms with Crippen molar-refractivity contribution in [3.63, 3.8) is 0 Å². The normalized spacial score (nSPS) is 20.5. The van der Waals surface area contributed by atoms with E-state index >= 15 is 0 Å². The Labute approximate surface area is 227 Å². The molecule has 0 spiro atoms. The van der Waals surface area contributed by atoms with Crippen LogP contribution in [0.4, 0.5) is 19.0 Å². The third-order valence-corrected chi connectivity index (χ3v) is 9.41. The molecule has 1 aliphatic heterocycles. The minimum absolute atomic E-state index is 0.266. The first-order valence-electron chi connectivity index (χ1n) is 12.1. The number of halogens is 4. The highest BCUT2D eigenvalue weighted by Crippen LogP contribution is 2.40. The number of alkyl halides is 3. The molecule has 1 saturated heterocycles. The molecule has 0 radical (unpaired) electrons. The third-order valence-electron chi connectivity index (χ3n) is 6.99.